The highest BCUT2D eigenvalue weighted by Gasteiger charge is 2.20. The zero-order valence-corrected chi connectivity index (χ0v) is 12.7. The van der Waals surface area contributed by atoms with Crippen molar-refractivity contribution in [1.82, 2.24) is 9.88 Å². The van der Waals surface area contributed by atoms with Crippen LogP contribution in [0.5, 0.6) is 0 Å². The van der Waals surface area contributed by atoms with Crippen molar-refractivity contribution in [2.24, 2.45) is 0 Å². The van der Waals surface area contributed by atoms with Crippen molar-refractivity contribution in [3.8, 4) is 0 Å². The Morgan fingerprint density at radius 2 is 1.85 bits per heavy atom. The number of benzene rings is 1. The summed E-state index contributed by atoms with van der Waals surface area (Å²) in [6.45, 7) is 1.95. The molecule has 0 aliphatic rings. The zero-order valence-electron chi connectivity index (χ0n) is 11.2. The van der Waals surface area contributed by atoms with Crippen LogP contribution >= 0.6 is 23.2 Å². The summed E-state index contributed by atoms with van der Waals surface area (Å²) in [7, 11) is 1.74. The van der Waals surface area contributed by atoms with E-state index in [9.17, 15) is 4.79 Å². The van der Waals surface area contributed by atoms with Gasteiger partial charge in [0.1, 0.15) is 0 Å². The molecule has 2 aromatic rings. The highest BCUT2D eigenvalue weighted by molar-refractivity contribution is 6.33. The molecular weight excluding hydrogens is 295 g/mol. The Bertz CT molecular complexity index is 614. The Kier molecular flexibility index (Phi) is 4.63. The van der Waals surface area contributed by atoms with Crippen molar-refractivity contribution in [3.05, 3.63) is 63.9 Å². The maximum absolute atomic E-state index is 12.4. The van der Waals surface area contributed by atoms with Crippen molar-refractivity contribution >= 4 is 29.1 Å². The minimum absolute atomic E-state index is 0.0870. The molecule has 1 aromatic heterocycles. The molecule has 0 saturated heterocycles. The molecule has 0 aliphatic carbocycles. The number of aromatic nitrogens is 1. The molecule has 20 heavy (non-hydrogen) atoms. The molecule has 0 bridgehead atoms. The van der Waals surface area contributed by atoms with Gasteiger partial charge in [0.2, 0.25) is 0 Å². The summed E-state index contributed by atoms with van der Waals surface area (Å²) < 4.78 is 0. The molecule has 1 amide bonds. The molecule has 0 saturated carbocycles. The first-order valence-corrected chi connectivity index (χ1v) is 6.88. The Morgan fingerprint density at radius 3 is 2.45 bits per heavy atom. The molecule has 1 heterocycles. The first-order valence-electron chi connectivity index (χ1n) is 6.13. The number of amides is 1. The fourth-order valence-corrected chi connectivity index (χ4v) is 2.18. The van der Waals surface area contributed by atoms with Gasteiger partial charge in [-0.3, -0.25) is 9.78 Å². The van der Waals surface area contributed by atoms with Crippen LogP contribution in [0.1, 0.15) is 28.9 Å². The van der Waals surface area contributed by atoms with E-state index in [-0.39, 0.29) is 11.9 Å². The lowest BCUT2D eigenvalue weighted by Crippen LogP contribution is -2.30. The van der Waals surface area contributed by atoms with Crippen LogP contribution in [-0.2, 0) is 0 Å². The van der Waals surface area contributed by atoms with Gasteiger partial charge >= 0.3 is 0 Å². The molecule has 0 radical (unpaired) electrons. The van der Waals surface area contributed by atoms with Gasteiger partial charge in [0, 0.05) is 24.5 Å². The average Bonchev–Trinajstić information content (AvgIpc) is 2.46. The number of carbonyl (C=O) groups is 1. The van der Waals surface area contributed by atoms with Crippen LogP contribution in [0.3, 0.4) is 0 Å². The summed E-state index contributed by atoms with van der Waals surface area (Å²) in [6, 6.07) is 8.95. The molecule has 0 fully saturated rings. The highest BCUT2D eigenvalue weighted by Crippen LogP contribution is 2.24. The van der Waals surface area contributed by atoms with E-state index >= 15 is 0 Å². The summed E-state index contributed by atoms with van der Waals surface area (Å²) in [5.74, 6) is -0.162. The monoisotopic (exact) mass is 308 g/mol. The Balaban J connectivity index is 2.22. The molecule has 0 aliphatic heterocycles. The van der Waals surface area contributed by atoms with Crippen molar-refractivity contribution in [3.63, 3.8) is 0 Å². The van der Waals surface area contributed by atoms with Crippen LogP contribution in [0.15, 0.2) is 42.7 Å². The molecule has 5 heteroatoms. The van der Waals surface area contributed by atoms with E-state index < -0.39 is 0 Å². The molecule has 0 N–H and O–H groups in total. The second kappa shape index (κ2) is 6.25. The standard InChI is InChI=1S/C15H14Cl2N2O/c1-10(11-3-5-12(16)6-4-11)19(2)15(20)13-9-18-8-7-14(13)17/h3-10H,1-2H3. The normalized spacial score (nSPS) is 12.0. The maximum atomic E-state index is 12.4. The summed E-state index contributed by atoms with van der Waals surface area (Å²) in [5, 5.41) is 1.07. The third-order valence-electron chi connectivity index (χ3n) is 3.25. The molecule has 104 valence electrons. The Hall–Kier alpha value is -1.58. The lowest BCUT2D eigenvalue weighted by molar-refractivity contribution is 0.0742. The van der Waals surface area contributed by atoms with Crippen molar-refractivity contribution < 1.29 is 4.79 Å². The van der Waals surface area contributed by atoms with Crippen LogP contribution in [0.2, 0.25) is 10.0 Å². The number of hydrogen-bond acceptors (Lipinski definition) is 2. The summed E-state index contributed by atoms with van der Waals surface area (Å²) in [6.07, 6.45) is 3.04. The molecule has 1 atom stereocenters. The predicted molar refractivity (Wildman–Crippen MR) is 81.2 cm³/mol. The van der Waals surface area contributed by atoms with Gasteiger partial charge in [-0.15, -0.1) is 0 Å². The zero-order chi connectivity index (χ0) is 14.7. The van der Waals surface area contributed by atoms with Crippen molar-refractivity contribution in [2.45, 2.75) is 13.0 Å². The second-order valence-corrected chi connectivity index (χ2v) is 5.34. The third kappa shape index (κ3) is 3.11. The summed E-state index contributed by atoms with van der Waals surface area (Å²) in [4.78, 5) is 18.0. The van der Waals surface area contributed by atoms with Crippen LogP contribution in [0, 0.1) is 0 Å². The number of hydrogen-bond donors (Lipinski definition) is 0. The Labute approximate surface area is 128 Å². The molecule has 1 aromatic carbocycles. The molecule has 2 rings (SSSR count). The van der Waals surface area contributed by atoms with E-state index in [1.807, 2.05) is 31.2 Å². The van der Waals surface area contributed by atoms with Gasteiger partial charge in [-0.1, -0.05) is 35.3 Å². The maximum Gasteiger partial charge on any atom is 0.257 e. The topological polar surface area (TPSA) is 33.2 Å². The van der Waals surface area contributed by atoms with Crippen LogP contribution in [0.25, 0.3) is 0 Å². The van der Waals surface area contributed by atoms with Crippen molar-refractivity contribution in [2.75, 3.05) is 7.05 Å². The third-order valence-corrected chi connectivity index (χ3v) is 3.83. The van der Waals surface area contributed by atoms with Gasteiger partial charge < -0.3 is 4.90 Å². The smallest absolute Gasteiger partial charge is 0.257 e. The van der Waals surface area contributed by atoms with Gasteiger partial charge in [0.15, 0.2) is 0 Å². The van der Waals surface area contributed by atoms with E-state index in [2.05, 4.69) is 4.98 Å². The molecule has 1 unspecified atom stereocenters. The van der Waals surface area contributed by atoms with Gasteiger partial charge in [0.25, 0.3) is 5.91 Å². The number of halogens is 2. The summed E-state index contributed by atoms with van der Waals surface area (Å²) >= 11 is 11.9. The fraction of sp³-hybridized carbons (Fsp3) is 0.200. The van der Waals surface area contributed by atoms with E-state index in [1.165, 1.54) is 6.20 Å². The van der Waals surface area contributed by atoms with Gasteiger partial charge in [-0.25, -0.2) is 0 Å². The summed E-state index contributed by atoms with van der Waals surface area (Å²) in [5.41, 5.74) is 1.41. The first-order chi connectivity index (χ1) is 9.50. The molecule has 3 nitrogen and oxygen atoms in total. The molecule has 0 spiro atoms. The minimum Gasteiger partial charge on any atom is -0.335 e. The van der Waals surface area contributed by atoms with Crippen molar-refractivity contribution in [1.29, 1.82) is 0 Å². The highest BCUT2D eigenvalue weighted by atomic mass is 35.5. The minimum atomic E-state index is -0.162. The van der Waals surface area contributed by atoms with E-state index in [4.69, 9.17) is 23.2 Å². The van der Waals surface area contributed by atoms with E-state index in [0.29, 0.717) is 15.6 Å². The predicted octanol–water partition coefficient (Wildman–Crippen LogP) is 4.22. The number of carbonyl (C=O) groups excluding carboxylic acids is 1. The molecular formula is C15H14Cl2N2O. The lowest BCUT2D eigenvalue weighted by Gasteiger charge is -2.25. The van der Waals surface area contributed by atoms with Crippen LogP contribution in [-0.4, -0.2) is 22.8 Å². The number of pyridine rings is 1. The van der Waals surface area contributed by atoms with Gasteiger partial charge in [-0.2, -0.15) is 0 Å². The van der Waals surface area contributed by atoms with Crippen LogP contribution in [0.4, 0.5) is 0 Å². The Morgan fingerprint density at radius 1 is 1.20 bits per heavy atom. The average molecular weight is 309 g/mol. The van der Waals surface area contributed by atoms with Crippen LogP contribution < -0.4 is 0 Å². The number of rotatable bonds is 3. The van der Waals surface area contributed by atoms with Gasteiger partial charge in [0.05, 0.1) is 16.6 Å². The van der Waals surface area contributed by atoms with E-state index in [0.717, 1.165) is 5.56 Å². The largest absolute Gasteiger partial charge is 0.335 e. The van der Waals surface area contributed by atoms with E-state index in [1.54, 1.807) is 24.2 Å². The fourth-order valence-electron chi connectivity index (χ4n) is 1.87. The number of nitrogens with zero attached hydrogens (tertiary/aromatic N) is 2. The lowest BCUT2D eigenvalue weighted by atomic mass is 10.1. The first kappa shape index (κ1) is 14.8. The second-order valence-electron chi connectivity index (χ2n) is 4.50. The SMILES string of the molecule is CC(c1ccc(Cl)cc1)N(C)C(=O)c1cnccc1Cl. The quantitative estimate of drug-likeness (QED) is 0.850. The van der Waals surface area contributed by atoms with Gasteiger partial charge in [-0.05, 0) is 30.7 Å².